The average Bonchev–Trinajstić information content (AvgIpc) is 2.82. The molecule has 0 atom stereocenters. The minimum Gasteiger partial charge on any atom is -0.382 e. The normalized spacial score (nSPS) is 10.7. The SMILES string of the molecule is COCCOCCOCCNC(=O)Cc1csc(C)n1. The summed E-state index contributed by atoms with van der Waals surface area (Å²) in [6.45, 7) is 5.13. The van der Waals surface area contributed by atoms with E-state index in [0.29, 0.717) is 46.0 Å². The zero-order valence-corrected chi connectivity index (χ0v) is 12.8. The van der Waals surface area contributed by atoms with E-state index in [1.807, 2.05) is 12.3 Å². The monoisotopic (exact) mass is 302 g/mol. The van der Waals surface area contributed by atoms with E-state index < -0.39 is 0 Å². The summed E-state index contributed by atoms with van der Waals surface area (Å²) in [6.07, 6.45) is 0.324. The number of ether oxygens (including phenoxy) is 3. The molecule has 7 heteroatoms. The van der Waals surface area contributed by atoms with Crippen LogP contribution in [0.1, 0.15) is 10.7 Å². The molecule has 1 N–H and O–H groups in total. The van der Waals surface area contributed by atoms with Crippen LogP contribution in [0, 0.1) is 6.92 Å². The van der Waals surface area contributed by atoms with Gasteiger partial charge in [-0.25, -0.2) is 4.98 Å². The number of hydrogen-bond donors (Lipinski definition) is 1. The number of rotatable bonds is 11. The maximum atomic E-state index is 11.6. The fourth-order valence-electron chi connectivity index (χ4n) is 1.44. The minimum absolute atomic E-state index is 0.0322. The third-order valence-corrected chi connectivity index (χ3v) is 3.20. The van der Waals surface area contributed by atoms with Crippen LogP contribution >= 0.6 is 11.3 Å². The Morgan fingerprint density at radius 2 is 1.95 bits per heavy atom. The Balaban J connectivity index is 1.92. The summed E-state index contributed by atoms with van der Waals surface area (Å²) in [5.74, 6) is -0.0322. The molecular formula is C13H22N2O4S. The second-order valence-electron chi connectivity index (χ2n) is 4.10. The molecule has 6 nitrogen and oxygen atoms in total. The Morgan fingerprint density at radius 1 is 1.25 bits per heavy atom. The average molecular weight is 302 g/mol. The molecule has 0 unspecified atom stereocenters. The van der Waals surface area contributed by atoms with Crippen LogP contribution in [0.3, 0.4) is 0 Å². The van der Waals surface area contributed by atoms with Gasteiger partial charge in [0.25, 0.3) is 0 Å². The van der Waals surface area contributed by atoms with Crippen molar-refractivity contribution < 1.29 is 19.0 Å². The van der Waals surface area contributed by atoms with Gasteiger partial charge in [-0.3, -0.25) is 4.79 Å². The molecule has 0 aliphatic heterocycles. The van der Waals surface area contributed by atoms with Crippen LogP contribution in [0.2, 0.25) is 0 Å². The lowest BCUT2D eigenvalue weighted by Crippen LogP contribution is -2.29. The molecule has 0 radical (unpaired) electrons. The summed E-state index contributed by atoms with van der Waals surface area (Å²) in [5, 5.41) is 5.67. The fourth-order valence-corrected chi connectivity index (χ4v) is 2.06. The first kappa shape index (κ1) is 17.0. The smallest absolute Gasteiger partial charge is 0.226 e. The van der Waals surface area contributed by atoms with E-state index in [9.17, 15) is 4.79 Å². The highest BCUT2D eigenvalue weighted by molar-refractivity contribution is 7.09. The molecule has 1 amide bonds. The molecule has 1 aromatic rings. The highest BCUT2D eigenvalue weighted by Gasteiger charge is 2.05. The van der Waals surface area contributed by atoms with E-state index >= 15 is 0 Å². The lowest BCUT2D eigenvalue weighted by atomic mass is 10.3. The number of hydrogen-bond acceptors (Lipinski definition) is 6. The molecule has 1 heterocycles. The van der Waals surface area contributed by atoms with E-state index in [4.69, 9.17) is 14.2 Å². The number of aromatic nitrogens is 1. The van der Waals surface area contributed by atoms with Crippen LogP contribution in [0.5, 0.6) is 0 Å². The first-order valence-electron chi connectivity index (χ1n) is 6.54. The number of nitrogens with zero attached hydrogens (tertiary/aromatic N) is 1. The minimum atomic E-state index is -0.0322. The Morgan fingerprint density at radius 3 is 2.60 bits per heavy atom. The summed E-state index contributed by atoms with van der Waals surface area (Å²) in [7, 11) is 1.63. The van der Waals surface area contributed by atoms with Crippen LogP contribution < -0.4 is 5.32 Å². The molecule has 114 valence electrons. The summed E-state index contributed by atoms with van der Waals surface area (Å²) in [4.78, 5) is 15.8. The van der Waals surface area contributed by atoms with E-state index in [0.717, 1.165) is 10.7 Å². The van der Waals surface area contributed by atoms with Gasteiger partial charge in [-0.05, 0) is 6.92 Å². The molecule has 20 heavy (non-hydrogen) atoms. The van der Waals surface area contributed by atoms with Crippen molar-refractivity contribution in [3.8, 4) is 0 Å². The third-order valence-electron chi connectivity index (χ3n) is 2.38. The highest BCUT2D eigenvalue weighted by Crippen LogP contribution is 2.07. The van der Waals surface area contributed by atoms with Gasteiger partial charge in [0.15, 0.2) is 0 Å². The molecule has 0 spiro atoms. The topological polar surface area (TPSA) is 69.7 Å². The Bertz CT molecular complexity index is 384. The second-order valence-corrected chi connectivity index (χ2v) is 5.16. The number of amides is 1. The lowest BCUT2D eigenvalue weighted by Gasteiger charge is -2.06. The highest BCUT2D eigenvalue weighted by atomic mass is 32.1. The van der Waals surface area contributed by atoms with E-state index in [1.165, 1.54) is 0 Å². The summed E-state index contributed by atoms with van der Waals surface area (Å²) in [5.41, 5.74) is 0.817. The van der Waals surface area contributed by atoms with Crippen LogP contribution in [0.25, 0.3) is 0 Å². The predicted molar refractivity (Wildman–Crippen MR) is 77.1 cm³/mol. The van der Waals surface area contributed by atoms with Gasteiger partial charge >= 0.3 is 0 Å². The van der Waals surface area contributed by atoms with Crippen molar-refractivity contribution in [1.82, 2.24) is 10.3 Å². The van der Waals surface area contributed by atoms with Gasteiger partial charge in [0, 0.05) is 19.0 Å². The van der Waals surface area contributed by atoms with Gasteiger partial charge in [-0.15, -0.1) is 11.3 Å². The Hall–Kier alpha value is -1.02. The Labute approximate surface area is 123 Å². The molecule has 0 aliphatic carbocycles. The second kappa shape index (κ2) is 10.7. The molecule has 0 saturated carbocycles. The first-order chi connectivity index (χ1) is 9.72. The zero-order valence-electron chi connectivity index (χ0n) is 12.0. The van der Waals surface area contributed by atoms with Gasteiger partial charge in [0.2, 0.25) is 5.91 Å². The number of carbonyl (C=O) groups excluding carboxylic acids is 1. The standard InChI is InChI=1S/C13H22N2O4S/c1-11-15-12(10-20-11)9-13(16)14-3-4-18-7-8-19-6-5-17-2/h10H,3-9H2,1-2H3,(H,14,16). The van der Waals surface area contributed by atoms with Crippen molar-refractivity contribution in [2.75, 3.05) is 46.7 Å². The third kappa shape index (κ3) is 8.21. The summed E-state index contributed by atoms with van der Waals surface area (Å²) >= 11 is 1.55. The molecule has 0 aliphatic rings. The maximum absolute atomic E-state index is 11.6. The molecule has 0 aromatic carbocycles. The Kier molecular flexibility index (Phi) is 9.14. The maximum Gasteiger partial charge on any atom is 0.226 e. The molecule has 0 bridgehead atoms. The number of carbonyl (C=O) groups is 1. The van der Waals surface area contributed by atoms with Crippen molar-refractivity contribution in [3.05, 3.63) is 16.1 Å². The number of aryl methyl sites for hydroxylation is 1. The van der Waals surface area contributed by atoms with Crippen LogP contribution in [-0.4, -0.2) is 57.6 Å². The first-order valence-corrected chi connectivity index (χ1v) is 7.42. The predicted octanol–water partition coefficient (Wildman–Crippen LogP) is 0.790. The summed E-state index contributed by atoms with van der Waals surface area (Å²) < 4.78 is 15.4. The van der Waals surface area contributed by atoms with Crippen LogP contribution in [0.15, 0.2) is 5.38 Å². The number of thiazole rings is 1. The van der Waals surface area contributed by atoms with Crippen molar-refractivity contribution in [2.24, 2.45) is 0 Å². The fraction of sp³-hybridized carbons (Fsp3) is 0.692. The van der Waals surface area contributed by atoms with Crippen molar-refractivity contribution in [3.63, 3.8) is 0 Å². The zero-order chi connectivity index (χ0) is 14.6. The van der Waals surface area contributed by atoms with E-state index in [-0.39, 0.29) is 5.91 Å². The van der Waals surface area contributed by atoms with Gasteiger partial charge in [0.05, 0.1) is 50.2 Å². The quantitative estimate of drug-likeness (QED) is 0.612. The largest absolute Gasteiger partial charge is 0.382 e. The van der Waals surface area contributed by atoms with Gasteiger partial charge < -0.3 is 19.5 Å². The molecule has 0 saturated heterocycles. The van der Waals surface area contributed by atoms with Crippen molar-refractivity contribution in [1.29, 1.82) is 0 Å². The summed E-state index contributed by atoms with van der Waals surface area (Å²) in [6, 6.07) is 0. The number of methoxy groups -OCH3 is 1. The lowest BCUT2D eigenvalue weighted by molar-refractivity contribution is -0.120. The van der Waals surface area contributed by atoms with Crippen LogP contribution in [0.4, 0.5) is 0 Å². The molecule has 1 aromatic heterocycles. The van der Waals surface area contributed by atoms with Gasteiger partial charge in [-0.1, -0.05) is 0 Å². The number of nitrogens with one attached hydrogen (secondary N) is 1. The van der Waals surface area contributed by atoms with E-state index in [1.54, 1.807) is 18.4 Å². The van der Waals surface area contributed by atoms with Crippen molar-refractivity contribution in [2.45, 2.75) is 13.3 Å². The molecule has 0 fully saturated rings. The van der Waals surface area contributed by atoms with Crippen molar-refractivity contribution >= 4 is 17.2 Å². The van der Waals surface area contributed by atoms with Gasteiger partial charge in [-0.2, -0.15) is 0 Å². The van der Waals surface area contributed by atoms with E-state index in [2.05, 4.69) is 10.3 Å². The van der Waals surface area contributed by atoms with Crippen LogP contribution in [-0.2, 0) is 25.4 Å². The molecule has 1 rings (SSSR count). The van der Waals surface area contributed by atoms with Gasteiger partial charge in [0.1, 0.15) is 0 Å². The molecular weight excluding hydrogens is 280 g/mol.